The lowest BCUT2D eigenvalue weighted by Crippen LogP contribution is -2.76. The number of thiocarbonyl (C=S) groups is 1. The van der Waals surface area contributed by atoms with Gasteiger partial charge in [0.05, 0.1) is 17.2 Å². The first-order chi connectivity index (χ1) is 36.1. The standard InChI is InChI=1S/C55H54ClN3O15S/c1-68-55(54(73-74-55)31-16-27-15-28(18-31)19-32(54)17-27)40-20-29(21-43(45(40)56)70-51-48(65)47(64)46(63)44(25-60)71-51)14-26-2-4-30(5-3-26)49(66)57-12-13-58-52(75)59-33-6-9-37-36(22-33)50(67)72-53(37)38-10-7-34(61)23-41(38)69-42-24-35(62)8-11-39(42)53/h2-11,20-24,27-28,31-32,44,46-48,51,60-65H,12-19,25H2,1H3,(H,57,66)(H2,58,59,75)/t27?,28?,31?,32?,44?,46-,47-,48?,51+,54?,55?/m0/s1. The molecule has 18 nitrogen and oxygen atoms in total. The maximum atomic E-state index is 13.6. The van der Waals surface area contributed by atoms with E-state index in [0.717, 1.165) is 31.2 Å². The van der Waals surface area contributed by atoms with Crippen LogP contribution in [0, 0.1) is 23.7 Å². The Bertz CT molecular complexity index is 3040. The summed E-state index contributed by atoms with van der Waals surface area (Å²) in [4.78, 5) is 39.3. The van der Waals surface area contributed by atoms with E-state index in [1.54, 1.807) is 55.6 Å². The van der Waals surface area contributed by atoms with Crippen molar-refractivity contribution in [1.29, 1.82) is 0 Å². The van der Waals surface area contributed by atoms with Crippen molar-refractivity contribution in [1.82, 2.24) is 10.6 Å². The molecule has 2 spiro atoms. The number of esters is 1. The summed E-state index contributed by atoms with van der Waals surface area (Å²) in [5.74, 6) is -0.184. The van der Waals surface area contributed by atoms with Gasteiger partial charge in [-0.1, -0.05) is 29.8 Å². The van der Waals surface area contributed by atoms with Gasteiger partial charge in [0.15, 0.2) is 16.3 Å². The zero-order valence-electron chi connectivity index (χ0n) is 40.4. The van der Waals surface area contributed by atoms with Gasteiger partial charge in [-0.15, -0.1) is 0 Å². The quantitative estimate of drug-likeness (QED) is 0.0312. The lowest BCUT2D eigenvalue weighted by atomic mass is 9.47. The molecule has 0 radical (unpaired) electrons. The van der Waals surface area contributed by atoms with Crippen LogP contribution in [-0.2, 0) is 41.8 Å². The van der Waals surface area contributed by atoms with Crippen LogP contribution in [0.4, 0.5) is 5.69 Å². The summed E-state index contributed by atoms with van der Waals surface area (Å²) in [6, 6.07) is 24.9. The number of phenolic OH excluding ortho intramolecular Hbond substituents is 2. The number of carbonyl (C=O) groups is 2. The topological polar surface area (TPSA) is 256 Å². The van der Waals surface area contributed by atoms with Crippen LogP contribution in [0.5, 0.6) is 28.7 Å². The molecular formula is C55H54ClN3O15S. The molecule has 2 saturated heterocycles. The summed E-state index contributed by atoms with van der Waals surface area (Å²) in [5.41, 5.74) is 2.56. The second-order valence-corrected chi connectivity index (χ2v) is 21.4. The minimum atomic E-state index is -1.69. The number of nitrogens with one attached hydrogen (secondary N) is 3. The smallest absolute Gasteiger partial charge is 0.340 e. The number of hydrogen-bond donors (Lipinski definition) is 9. The lowest BCUT2D eigenvalue weighted by molar-refractivity contribution is -0.645. The normalized spacial score (nSPS) is 30.1. The van der Waals surface area contributed by atoms with Gasteiger partial charge < -0.3 is 70.3 Å². The van der Waals surface area contributed by atoms with Gasteiger partial charge in [0.2, 0.25) is 6.29 Å². The van der Waals surface area contributed by atoms with E-state index in [0.29, 0.717) is 57.3 Å². The SMILES string of the molecule is COC1(c2cc(Cc3ccc(C(=O)NCCNC(=S)Nc4ccc5c(c4)C(=O)OC54c5ccc(O)cc5Oc5cc(O)ccc54)cc3)cc(O[C@@H]3OC(CO)[C@H](O)[C@H](O)C3O)c2Cl)OOC12C1CC3CC(C1)CC2C3. The first-order valence-corrected chi connectivity index (χ1v) is 25.8. The highest BCUT2D eigenvalue weighted by Gasteiger charge is 2.77. The van der Waals surface area contributed by atoms with Crippen LogP contribution in [0.15, 0.2) is 91.0 Å². The van der Waals surface area contributed by atoms with E-state index < -0.39 is 60.3 Å². The fourth-order valence-corrected chi connectivity index (χ4v) is 13.6. The molecule has 9 N–H and O–H groups in total. The van der Waals surface area contributed by atoms with Crippen LogP contribution < -0.4 is 25.4 Å². The molecular weight excluding hydrogens is 1010 g/mol. The molecule has 0 aromatic heterocycles. The number of anilines is 1. The minimum Gasteiger partial charge on any atom is -0.508 e. The third-order valence-corrected chi connectivity index (χ3v) is 17.0. The molecule has 3 unspecified atom stereocenters. The van der Waals surface area contributed by atoms with Crippen LogP contribution in [0.1, 0.15) is 86.2 Å². The van der Waals surface area contributed by atoms with Crippen molar-refractivity contribution >= 4 is 46.5 Å². The average Bonchev–Trinajstić information content (AvgIpc) is 3.67. The Morgan fingerprint density at radius 3 is 2.04 bits per heavy atom. The Morgan fingerprint density at radius 1 is 0.760 bits per heavy atom. The molecule has 6 fully saturated rings. The number of aliphatic hydroxyl groups excluding tert-OH is 4. The maximum Gasteiger partial charge on any atom is 0.340 e. The molecule has 4 saturated carbocycles. The monoisotopic (exact) mass is 1060 g/mol. The van der Waals surface area contributed by atoms with E-state index in [1.807, 2.05) is 18.2 Å². The van der Waals surface area contributed by atoms with E-state index in [-0.39, 0.29) is 75.3 Å². The summed E-state index contributed by atoms with van der Waals surface area (Å²) >= 11 is 12.8. The Balaban J connectivity index is 0.713. The van der Waals surface area contributed by atoms with Gasteiger partial charge in [0.25, 0.3) is 11.7 Å². The Labute approximate surface area is 440 Å². The second-order valence-electron chi connectivity index (χ2n) is 20.7. The molecule has 4 heterocycles. The number of fused-ring (bicyclic) bond motifs is 6. The van der Waals surface area contributed by atoms with Gasteiger partial charge in [0, 0.05) is 65.8 Å². The zero-order chi connectivity index (χ0) is 52.1. The van der Waals surface area contributed by atoms with E-state index in [9.17, 15) is 40.2 Å². The van der Waals surface area contributed by atoms with Crippen LogP contribution in [0.3, 0.4) is 0 Å². The highest BCUT2D eigenvalue weighted by molar-refractivity contribution is 7.80. The van der Waals surface area contributed by atoms with Gasteiger partial charge in [0.1, 0.15) is 53.2 Å². The Kier molecular flexibility index (Phi) is 12.5. The van der Waals surface area contributed by atoms with E-state index >= 15 is 0 Å². The molecule has 1 amide bonds. The van der Waals surface area contributed by atoms with E-state index in [4.69, 9.17) is 57.3 Å². The number of hydrogen-bond acceptors (Lipinski definition) is 16. The first-order valence-electron chi connectivity index (χ1n) is 25.0. The van der Waals surface area contributed by atoms with Gasteiger partial charge >= 0.3 is 5.97 Å². The number of ether oxygens (including phenoxy) is 5. The third-order valence-electron chi connectivity index (χ3n) is 16.3. The van der Waals surface area contributed by atoms with Crippen molar-refractivity contribution in [3.8, 4) is 28.7 Å². The number of benzene rings is 5. The summed E-state index contributed by atoms with van der Waals surface area (Å²) in [6.45, 7) is -0.150. The highest BCUT2D eigenvalue weighted by Crippen LogP contribution is 2.70. The number of phenols is 2. The van der Waals surface area contributed by atoms with Gasteiger partial charge in [-0.25, -0.2) is 9.68 Å². The molecule has 5 aromatic carbocycles. The molecule has 5 aromatic rings. The van der Waals surface area contributed by atoms with Crippen molar-refractivity contribution in [2.45, 2.75) is 86.2 Å². The number of methoxy groups -OCH3 is 1. The van der Waals surface area contributed by atoms with Crippen LogP contribution in [0.2, 0.25) is 5.02 Å². The number of carbonyl (C=O) groups excluding carboxylic acids is 2. The molecule has 4 bridgehead atoms. The predicted octanol–water partition coefficient (Wildman–Crippen LogP) is 5.76. The van der Waals surface area contributed by atoms with Gasteiger partial charge in [-0.3, -0.25) is 4.79 Å². The van der Waals surface area contributed by atoms with E-state index in [1.165, 1.54) is 30.7 Å². The van der Waals surface area contributed by atoms with Crippen LogP contribution >= 0.6 is 23.8 Å². The van der Waals surface area contributed by atoms with Crippen LogP contribution in [-0.4, -0.2) is 111 Å². The predicted molar refractivity (Wildman–Crippen MR) is 270 cm³/mol. The van der Waals surface area contributed by atoms with Crippen LogP contribution in [0.25, 0.3) is 0 Å². The molecule has 6 atom stereocenters. The summed E-state index contributed by atoms with van der Waals surface area (Å²) < 4.78 is 30.6. The van der Waals surface area contributed by atoms with E-state index in [2.05, 4.69) is 16.0 Å². The third kappa shape index (κ3) is 8.01. The van der Waals surface area contributed by atoms with Crippen molar-refractivity contribution < 1.29 is 73.7 Å². The number of rotatable bonds is 12. The molecule has 20 heteroatoms. The molecule has 13 rings (SSSR count). The molecule has 4 aliphatic carbocycles. The number of aliphatic hydroxyl groups is 4. The Hall–Kier alpha value is -6.10. The molecule has 75 heavy (non-hydrogen) atoms. The lowest BCUT2D eigenvalue weighted by Gasteiger charge is -2.68. The van der Waals surface area contributed by atoms with Gasteiger partial charge in [-0.2, -0.15) is 4.89 Å². The largest absolute Gasteiger partial charge is 0.508 e. The minimum absolute atomic E-state index is 0.0432. The fraction of sp³-hybridized carbons (Fsp3) is 0.400. The summed E-state index contributed by atoms with van der Waals surface area (Å²) in [5, 5.41) is 71.8. The van der Waals surface area contributed by atoms with Crippen molar-refractivity contribution in [2.75, 3.05) is 32.1 Å². The second kappa shape index (κ2) is 18.9. The zero-order valence-corrected chi connectivity index (χ0v) is 41.9. The maximum absolute atomic E-state index is 13.6. The number of aromatic hydroxyl groups is 2. The summed E-state index contributed by atoms with van der Waals surface area (Å²) in [7, 11) is 1.57. The number of halogens is 1. The average molecular weight is 1060 g/mol. The Morgan fingerprint density at radius 2 is 1.41 bits per heavy atom. The van der Waals surface area contributed by atoms with Crippen molar-refractivity contribution in [3.63, 3.8) is 0 Å². The molecule has 8 aliphatic rings. The van der Waals surface area contributed by atoms with Gasteiger partial charge in [-0.05, 0) is 146 Å². The highest BCUT2D eigenvalue weighted by atomic mass is 35.5. The summed E-state index contributed by atoms with van der Waals surface area (Å²) in [6.07, 6.45) is -2.18. The van der Waals surface area contributed by atoms with Crippen molar-refractivity contribution in [3.05, 3.63) is 141 Å². The van der Waals surface area contributed by atoms with Crippen molar-refractivity contribution in [2.24, 2.45) is 23.7 Å². The first kappa shape index (κ1) is 49.8. The molecule has 4 aliphatic heterocycles. The number of amides is 1. The molecule has 392 valence electrons. The fourth-order valence-electron chi connectivity index (χ4n) is 13.1.